The Labute approximate surface area is 95.0 Å². The molecule has 0 aliphatic heterocycles. The molecule has 1 aromatic rings. The first-order valence-electron chi connectivity index (χ1n) is 5.20. The predicted octanol–water partition coefficient (Wildman–Crippen LogP) is 4.36. The van der Waals surface area contributed by atoms with Crippen molar-refractivity contribution >= 4 is 21.6 Å². The van der Waals surface area contributed by atoms with Gasteiger partial charge in [0, 0.05) is 16.2 Å². The van der Waals surface area contributed by atoms with Gasteiger partial charge in [-0.05, 0) is 53.4 Å². The van der Waals surface area contributed by atoms with E-state index in [1.807, 2.05) is 0 Å². The summed E-state index contributed by atoms with van der Waals surface area (Å²) in [5.41, 5.74) is 2.48. The van der Waals surface area contributed by atoms with E-state index < -0.39 is 0 Å². The normalized spacial score (nSPS) is 10.6. The van der Waals surface area contributed by atoms with Crippen molar-refractivity contribution in [2.45, 2.75) is 39.7 Å². The maximum absolute atomic E-state index is 3.57. The smallest absolute Gasteiger partial charge is 0.0486 e. The second-order valence-corrected chi connectivity index (χ2v) is 4.50. The van der Waals surface area contributed by atoms with E-state index >= 15 is 0 Å². The predicted molar refractivity (Wildman–Crippen MR) is 66.9 cm³/mol. The van der Waals surface area contributed by atoms with E-state index in [9.17, 15) is 0 Å². The highest BCUT2D eigenvalue weighted by molar-refractivity contribution is 9.10. The number of aryl methyl sites for hydroxylation is 1. The van der Waals surface area contributed by atoms with Crippen LogP contribution in [0.25, 0.3) is 0 Å². The van der Waals surface area contributed by atoms with Gasteiger partial charge in [-0.3, -0.25) is 0 Å². The van der Waals surface area contributed by atoms with Crippen molar-refractivity contribution in [3.63, 3.8) is 0 Å². The van der Waals surface area contributed by atoms with E-state index in [1.165, 1.54) is 11.3 Å². The monoisotopic (exact) mass is 255 g/mol. The minimum absolute atomic E-state index is 0.578. The van der Waals surface area contributed by atoms with Gasteiger partial charge in [-0.2, -0.15) is 0 Å². The Morgan fingerprint density at radius 2 is 1.93 bits per heavy atom. The first kappa shape index (κ1) is 11.6. The third-order valence-corrected chi connectivity index (χ3v) is 3.13. The van der Waals surface area contributed by atoms with Gasteiger partial charge in [0.15, 0.2) is 0 Å². The SMILES string of the molecule is CCC(CC)Nc1ccc(C)cc1Br. The summed E-state index contributed by atoms with van der Waals surface area (Å²) in [6.45, 7) is 6.53. The lowest BCUT2D eigenvalue weighted by molar-refractivity contribution is 0.671. The number of benzene rings is 1. The van der Waals surface area contributed by atoms with E-state index in [4.69, 9.17) is 0 Å². The average molecular weight is 256 g/mol. The Kier molecular flexibility index (Phi) is 4.46. The van der Waals surface area contributed by atoms with Crippen LogP contribution in [0.4, 0.5) is 5.69 Å². The minimum atomic E-state index is 0.578. The molecule has 0 amide bonds. The molecule has 0 aliphatic rings. The molecule has 0 unspecified atom stereocenters. The molecule has 0 saturated carbocycles. The number of hydrogen-bond acceptors (Lipinski definition) is 1. The molecular weight excluding hydrogens is 238 g/mol. The molecule has 2 heteroatoms. The number of anilines is 1. The quantitative estimate of drug-likeness (QED) is 0.844. The molecule has 0 aromatic heterocycles. The van der Waals surface area contributed by atoms with Gasteiger partial charge in [0.2, 0.25) is 0 Å². The summed E-state index contributed by atoms with van der Waals surface area (Å²) in [5, 5.41) is 3.53. The van der Waals surface area contributed by atoms with Gasteiger partial charge in [0.05, 0.1) is 0 Å². The Hall–Kier alpha value is -0.500. The molecule has 1 rings (SSSR count). The van der Waals surface area contributed by atoms with Gasteiger partial charge in [-0.1, -0.05) is 19.9 Å². The fraction of sp³-hybridized carbons (Fsp3) is 0.500. The molecule has 1 nitrogen and oxygen atoms in total. The molecule has 0 radical (unpaired) electrons. The zero-order chi connectivity index (χ0) is 10.6. The standard InChI is InChI=1S/C12H18BrN/c1-4-10(5-2)14-12-7-6-9(3)8-11(12)13/h6-8,10,14H,4-5H2,1-3H3. The fourth-order valence-electron chi connectivity index (χ4n) is 1.45. The Balaban J connectivity index is 2.76. The van der Waals surface area contributed by atoms with Crippen LogP contribution in [0.1, 0.15) is 32.3 Å². The highest BCUT2D eigenvalue weighted by Gasteiger charge is 2.05. The van der Waals surface area contributed by atoms with Gasteiger partial charge in [0.25, 0.3) is 0 Å². The molecule has 0 spiro atoms. The molecular formula is C12H18BrN. The molecule has 0 atom stereocenters. The van der Waals surface area contributed by atoms with Gasteiger partial charge in [0.1, 0.15) is 0 Å². The van der Waals surface area contributed by atoms with Gasteiger partial charge < -0.3 is 5.32 Å². The number of rotatable bonds is 4. The van der Waals surface area contributed by atoms with Crippen LogP contribution < -0.4 is 5.32 Å². The van der Waals surface area contributed by atoms with Gasteiger partial charge in [-0.15, -0.1) is 0 Å². The van der Waals surface area contributed by atoms with E-state index in [0.29, 0.717) is 6.04 Å². The maximum Gasteiger partial charge on any atom is 0.0486 e. The fourth-order valence-corrected chi connectivity index (χ4v) is 2.06. The Morgan fingerprint density at radius 3 is 2.43 bits per heavy atom. The van der Waals surface area contributed by atoms with Crippen LogP contribution in [-0.2, 0) is 0 Å². The summed E-state index contributed by atoms with van der Waals surface area (Å²) in [6.07, 6.45) is 2.33. The zero-order valence-corrected chi connectivity index (χ0v) is 10.7. The number of halogens is 1. The number of nitrogens with one attached hydrogen (secondary N) is 1. The third kappa shape index (κ3) is 3.02. The molecule has 0 aliphatic carbocycles. The van der Waals surface area contributed by atoms with Crippen LogP contribution in [0.3, 0.4) is 0 Å². The minimum Gasteiger partial charge on any atom is -0.381 e. The van der Waals surface area contributed by atoms with Crippen LogP contribution in [0.5, 0.6) is 0 Å². The Bertz CT molecular complexity index is 292. The summed E-state index contributed by atoms with van der Waals surface area (Å²) < 4.78 is 1.16. The molecule has 0 heterocycles. The highest BCUT2D eigenvalue weighted by Crippen LogP contribution is 2.24. The third-order valence-electron chi connectivity index (χ3n) is 2.47. The molecule has 14 heavy (non-hydrogen) atoms. The van der Waals surface area contributed by atoms with Gasteiger partial charge >= 0.3 is 0 Å². The van der Waals surface area contributed by atoms with E-state index in [1.54, 1.807) is 0 Å². The number of hydrogen-bond donors (Lipinski definition) is 1. The lowest BCUT2D eigenvalue weighted by Gasteiger charge is -2.17. The molecule has 0 saturated heterocycles. The Morgan fingerprint density at radius 1 is 1.29 bits per heavy atom. The van der Waals surface area contributed by atoms with Crippen molar-refractivity contribution < 1.29 is 0 Å². The maximum atomic E-state index is 3.57. The second-order valence-electron chi connectivity index (χ2n) is 3.64. The zero-order valence-electron chi connectivity index (χ0n) is 9.10. The lowest BCUT2D eigenvalue weighted by atomic mass is 10.1. The van der Waals surface area contributed by atoms with Crippen LogP contribution in [0.2, 0.25) is 0 Å². The average Bonchev–Trinajstić information content (AvgIpc) is 2.17. The van der Waals surface area contributed by atoms with Crippen LogP contribution in [-0.4, -0.2) is 6.04 Å². The molecule has 0 bridgehead atoms. The second kappa shape index (κ2) is 5.40. The van der Waals surface area contributed by atoms with Crippen molar-refractivity contribution in [2.24, 2.45) is 0 Å². The summed E-state index contributed by atoms with van der Waals surface area (Å²) in [5.74, 6) is 0. The van der Waals surface area contributed by atoms with Crippen LogP contribution in [0, 0.1) is 6.92 Å². The van der Waals surface area contributed by atoms with Crippen molar-refractivity contribution in [3.8, 4) is 0 Å². The molecule has 1 aromatic carbocycles. The van der Waals surface area contributed by atoms with Crippen LogP contribution >= 0.6 is 15.9 Å². The lowest BCUT2D eigenvalue weighted by Crippen LogP contribution is -2.17. The summed E-state index contributed by atoms with van der Waals surface area (Å²) in [7, 11) is 0. The van der Waals surface area contributed by atoms with Gasteiger partial charge in [-0.25, -0.2) is 0 Å². The molecule has 1 N–H and O–H groups in total. The highest BCUT2D eigenvalue weighted by atomic mass is 79.9. The van der Waals surface area contributed by atoms with Crippen molar-refractivity contribution in [1.82, 2.24) is 0 Å². The van der Waals surface area contributed by atoms with E-state index in [2.05, 4.69) is 60.2 Å². The molecule has 78 valence electrons. The van der Waals surface area contributed by atoms with E-state index in [-0.39, 0.29) is 0 Å². The molecule has 0 fully saturated rings. The summed E-state index contributed by atoms with van der Waals surface area (Å²) >= 11 is 3.57. The summed E-state index contributed by atoms with van der Waals surface area (Å²) in [4.78, 5) is 0. The topological polar surface area (TPSA) is 12.0 Å². The first-order chi connectivity index (χ1) is 6.67. The van der Waals surface area contributed by atoms with E-state index in [0.717, 1.165) is 17.3 Å². The summed E-state index contributed by atoms with van der Waals surface area (Å²) in [6, 6.07) is 6.99. The first-order valence-corrected chi connectivity index (χ1v) is 5.99. The largest absolute Gasteiger partial charge is 0.381 e. The van der Waals surface area contributed by atoms with Crippen LogP contribution in [0.15, 0.2) is 22.7 Å². The van der Waals surface area contributed by atoms with Crippen molar-refractivity contribution in [1.29, 1.82) is 0 Å². The van der Waals surface area contributed by atoms with Crippen molar-refractivity contribution in [3.05, 3.63) is 28.2 Å². The van der Waals surface area contributed by atoms with Crippen molar-refractivity contribution in [2.75, 3.05) is 5.32 Å².